The first kappa shape index (κ1) is 16.6. The molecule has 22 heavy (non-hydrogen) atoms. The molecule has 1 aromatic rings. The fraction of sp³-hybridized carbons (Fsp3) is 0.533. The number of likely N-dealkylation sites (N-methyl/N-ethyl adjacent to an activating group) is 1. The molecule has 0 spiro atoms. The van der Waals surface area contributed by atoms with Crippen LogP contribution in [0.5, 0.6) is 0 Å². The molecule has 1 fully saturated rings. The number of hydrogen-bond acceptors (Lipinski definition) is 3. The Kier molecular flexibility index (Phi) is 5.28. The SMILES string of the molecule is CCNC(=O)CN1CCN(c2ccc(C(F)(F)F)cc2)CC1. The van der Waals surface area contributed by atoms with Gasteiger partial charge in [0.1, 0.15) is 0 Å². The van der Waals surface area contributed by atoms with Gasteiger partial charge in [0.2, 0.25) is 5.91 Å². The lowest BCUT2D eigenvalue weighted by Gasteiger charge is -2.35. The van der Waals surface area contributed by atoms with Gasteiger partial charge in [-0.3, -0.25) is 9.69 Å². The summed E-state index contributed by atoms with van der Waals surface area (Å²) in [5.41, 5.74) is 0.150. The Balaban J connectivity index is 1.88. The monoisotopic (exact) mass is 315 g/mol. The predicted octanol–water partition coefficient (Wildman–Crippen LogP) is 1.96. The number of hydrogen-bond donors (Lipinski definition) is 1. The van der Waals surface area contributed by atoms with E-state index in [-0.39, 0.29) is 5.91 Å². The normalized spacial score (nSPS) is 16.6. The number of halogens is 3. The molecule has 0 aromatic heterocycles. The van der Waals surface area contributed by atoms with Crippen LogP contribution in [0.1, 0.15) is 12.5 Å². The Morgan fingerprint density at radius 2 is 1.73 bits per heavy atom. The van der Waals surface area contributed by atoms with Crippen molar-refractivity contribution in [3.05, 3.63) is 29.8 Å². The first-order valence-corrected chi connectivity index (χ1v) is 7.31. The van der Waals surface area contributed by atoms with Crippen LogP contribution >= 0.6 is 0 Å². The number of nitrogens with one attached hydrogen (secondary N) is 1. The number of anilines is 1. The van der Waals surface area contributed by atoms with Gasteiger partial charge in [-0.15, -0.1) is 0 Å². The number of alkyl halides is 3. The van der Waals surface area contributed by atoms with Gasteiger partial charge in [-0.25, -0.2) is 0 Å². The molecule has 0 saturated carbocycles. The second-order valence-corrected chi connectivity index (χ2v) is 5.26. The minimum absolute atomic E-state index is 0.00507. The van der Waals surface area contributed by atoms with E-state index in [1.807, 2.05) is 16.7 Å². The number of benzene rings is 1. The number of amides is 1. The average molecular weight is 315 g/mol. The third-order valence-electron chi connectivity index (χ3n) is 3.67. The maximum Gasteiger partial charge on any atom is 0.416 e. The van der Waals surface area contributed by atoms with E-state index in [0.717, 1.165) is 30.9 Å². The van der Waals surface area contributed by atoms with Crippen molar-refractivity contribution < 1.29 is 18.0 Å². The summed E-state index contributed by atoms with van der Waals surface area (Å²) in [7, 11) is 0. The van der Waals surface area contributed by atoms with Crippen molar-refractivity contribution in [3.8, 4) is 0 Å². The molecule has 0 unspecified atom stereocenters. The van der Waals surface area contributed by atoms with Crippen molar-refractivity contribution >= 4 is 11.6 Å². The molecule has 122 valence electrons. The molecule has 1 saturated heterocycles. The van der Waals surface area contributed by atoms with E-state index in [9.17, 15) is 18.0 Å². The third-order valence-corrected chi connectivity index (χ3v) is 3.67. The van der Waals surface area contributed by atoms with E-state index in [0.29, 0.717) is 26.2 Å². The van der Waals surface area contributed by atoms with Crippen molar-refractivity contribution in [1.82, 2.24) is 10.2 Å². The van der Waals surface area contributed by atoms with Gasteiger partial charge in [-0.1, -0.05) is 0 Å². The van der Waals surface area contributed by atoms with Crippen molar-refractivity contribution in [2.45, 2.75) is 13.1 Å². The molecule has 0 radical (unpaired) electrons. The van der Waals surface area contributed by atoms with Crippen LogP contribution < -0.4 is 10.2 Å². The Labute approximate surface area is 127 Å². The van der Waals surface area contributed by atoms with Crippen LogP contribution in [-0.2, 0) is 11.0 Å². The molecule has 7 heteroatoms. The molecule has 0 atom stereocenters. The van der Waals surface area contributed by atoms with Crippen molar-refractivity contribution in [1.29, 1.82) is 0 Å². The summed E-state index contributed by atoms with van der Waals surface area (Å²) in [6, 6.07) is 5.22. The van der Waals surface area contributed by atoms with Gasteiger partial charge >= 0.3 is 6.18 Å². The van der Waals surface area contributed by atoms with E-state index in [2.05, 4.69) is 5.32 Å². The molecule has 1 aliphatic rings. The molecule has 1 aromatic carbocycles. The fourth-order valence-corrected chi connectivity index (χ4v) is 2.48. The zero-order valence-electron chi connectivity index (χ0n) is 12.5. The van der Waals surface area contributed by atoms with Crippen LogP contribution in [-0.4, -0.2) is 50.1 Å². The zero-order valence-corrected chi connectivity index (χ0v) is 12.5. The predicted molar refractivity (Wildman–Crippen MR) is 78.8 cm³/mol. The highest BCUT2D eigenvalue weighted by Crippen LogP contribution is 2.30. The largest absolute Gasteiger partial charge is 0.416 e. The van der Waals surface area contributed by atoms with Crippen LogP contribution in [0.3, 0.4) is 0 Å². The van der Waals surface area contributed by atoms with Crippen molar-refractivity contribution in [2.75, 3.05) is 44.2 Å². The van der Waals surface area contributed by atoms with Gasteiger partial charge in [0, 0.05) is 38.4 Å². The summed E-state index contributed by atoms with van der Waals surface area (Å²) in [5.74, 6) is 0.00507. The molecular weight excluding hydrogens is 295 g/mol. The van der Waals surface area contributed by atoms with Crippen LogP contribution in [0.2, 0.25) is 0 Å². The highest BCUT2D eigenvalue weighted by Gasteiger charge is 2.30. The number of carbonyl (C=O) groups is 1. The van der Waals surface area contributed by atoms with E-state index in [4.69, 9.17) is 0 Å². The molecule has 0 bridgehead atoms. The number of carbonyl (C=O) groups excluding carboxylic acids is 1. The number of piperazine rings is 1. The zero-order chi connectivity index (χ0) is 16.2. The summed E-state index contributed by atoms with van der Waals surface area (Å²) in [6.07, 6.45) is -4.30. The number of nitrogens with zero attached hydrogens (tertiary/aromatic N) is 2. The lowest BCUT2D eigenvalue weighted by molar-refractivity contribution is -0.137. The summed E-state index contributed by atoms with van der Waals surface area (Å²) in [5, 5.41) is 2.76. The van der Waals surface area contributed by atoms with Gasteiger partial charge in [0.25, 0.3) is 0 Å². The van der Waals surface area contributed by atoms with Gasteiger partial charge in [0.15, 0.2) is 0 Å². The van der Waals surface area contributed by atoms with Crippen LogP contribution in [0.25, 0.3) is 0 Å². The molecule has 0 aliphatic carbocycles. The Hall–Kier alpha value is -1.76. The highest BCUT2D eigenvalue weighted by molar-refractivity contribution is 5.77. The molecule has 1 heterocycles. The fourth-order valence-electron chi connectivity index (χ4n) is 2.48. The molecular formula is C15H20F3N3O. The first-order chi connectivity index (χ1) is 10.4. The molecule has 4 nitrogen and oxygen atoms in total. The Morgan fingerprint density at radius 1 is 1.14 bits per heavy atom. The summed E-state index contributed by atoms with van der Waals surface area (Å²) < 4.78 is 37.6. The van der Waals surface area contributed by atoms with Gasteiger partial charge < -0.3 is 10.2 Å². The van der Waals surface area contributed by atoms with Crippen LogP contribution in [0.15, 0.2) is 24.3 Å². The summed E-state index contributed by atoms with van der Waals surface area (Å²) >= 11 is 0. The second-order valence-electron chi connectivity index (χ2n) is 5.26. The van der Waals surface area contributed by atoms with Crippen molar-refractivity contribution in [2.24, 2.45) is 0 Å². The maximum absolute atomic E-state index is 12.5. The Bertz CT molecular complexity index is 494. The van der Waals surface area contributed by atoms with Crippen LogP contribution in [0.4, 0.5) is 18.9 Å². The van der Waals surface area contributed by atoms with E-state index >= 15 is 0 Å². The van der Waals surface area contributed by atoms with Crippen LogP contribution in [0, 0.1) is 0 Å². The van der Waals surface area contributed by atoms with E-state index in [1.165, 1.54) is 12.1 Å². The number of rotatable bonds is 4. The standard InChI is InChI=1S/C15H20F3N3O/c1-2-19-14(22)11-20-7-9-21(10-8-20)13-5-3-12(4-6-13)15(16,17)18/h3-6H,2,7-11H2,1H3,(H,19,22). The lowest BCUT2D eigenvalue weighted by atomic mass is 10.1. The van der Waals surface area contributed by atoms with Gasteiger partial charge in [-0.2, -0.15) is 13.2 Å². The molecule has 1 aliphatic heterocycles. The quantitative estimate of drug-likeness (QED) is 0.923. The molecule has 2 rings (SSSR count). The van der Waals surface area contributed by atoms with E-state index < -0.39 is 11.7 Å². The minimum Gasteiger partial charge on any atom is -0.369 e. The van der Waals surface area contributed by atoms with Gasteiger partial charge in [0.05, 0.1) is 12.1 Å². The second kappa shape index (κ2) is 7.00. The van der Waals surface area contributed by atoms with E-state index in [1.54, 1.807) is 0 Å². The highest BCUT2D eigenvalue weighted by atomic mass is 19.4. The average Bonchev–Trinajstić information content (AvgIpc) is 2.47. The Morgan fingerprint density at radius 3 is 2.23 bits per heavy atom. The van der Waals surface area contributed by atoms with Gasteiger partial charge in [-0.05, 0) is 31.2 Å². The topological polar surface area (TPSA) is 35.6 Å². The molecule has 1 N–H and O–H groups in total. The minimum atomic E-state index is -4.30. The third kappa shape index (κ3) is 4.37. The summed E-state index contributed by atoms with van der Waals surface area (Å²) in [6.45, 7) is 5.70. The smallest absolute Gasteiger partial charge is 0.369 e. The summed E-state index contributed by atoms with van der Waals surface area (Å²) in [4.78, 5) is 15.6. The van der Waals surface area contributed by atoms with Crippen molar-refractivity contribution in [3.63, 3.8) is 0 Å². The maximum atomic E-state index is 12.5. The molecule has 1 amide bonds. The lowest BCUT2D eigenvalue weighted by Crippen LogP contribution is -2.49. The first-order valence-electron chi connectivity index (χ1n) is 7.31.